The third-order valence-corrected chi connectivity index (χ3v) is 2.85. The summed E-state index contributed by atoms with van der Waals surface area (Å²) in [6.45, 7) is 1.82. The molecule has 7 heteroatoms. The van der Waals surface area contributed by atoms with Crippen LogP contribution in [0, 0.1) is 11.8 Å². The van der Waals surface area contributed by atoms with E-state index in [1.807, 2.05) is 0 Å². The van der Waals surface area contributed by atoms with Gasteiger partial charge in [-0.15, -0.1) is 0 Å². The Balaban J connectivity index is 4.26. The van der Waals surface area contributed by atoms with E-state index in [1.165, 1.54) is 0 Å². The molecule has 3 atom stereocenters. The lowest BCUT2D eigenvalue weighted by molar-refractivity contribution is -0.143. The lowest BCUT2D eigenvalue weighted by atomic mass is 9.78. The zero-order valence-electron chi connectivity index (χ0n) is 9.54. The molecule has 0 aliphatic heterocycles. The van der Waals surface area contributed by atoms with E-state index in [9.17, 15) is 4.79 Å². The van der Waals surface area contributed by atoms with Gasteiger partial charge in [-0.05, 0) is 18.7 Å². The van der Waals surface area contributed by atoms with E-state index < -0.39 is 19.0 Å². The van der Waals surface area contributed by atoms with Crippen molar-refractivity contribution in [3.8, 4) is 0 Å². The largest absolute Gasteiger partial charge is 0.481 e. The molecule has 0 fully saturated rings. The quantitative estimate of drug-likeness (QED) is 0.336. The average molecular weight is 232 g/mol. The molecule has 0 aliphatic carbocycles. The molecule has 0 aromatic rings. The monoisotopic (exact) mass is 232 g/mol. The molecule has 6 nitrogen and oxygen atoms in total. The number of carbonyl (C=O) groups is 1. The SMILES string of the molecule is C[C@H](C(=O)O)C(CCCB(O)O)C(N)CN. The van der Waals surface area contributed by atoms with Gasteiger partial charge in [0, 0.05) is 12.6 Å². The molecule has 94 valence electrons. The fourth-order valence-electron chi connectivity index (χ4n) is 1.73. The van der Waals surface area contributed by atoms with Crippen molar-refractivity contribution in [2.75, 3.05) is 6.54 Å². The van der Waals surface area contributed by atoms with Gasteiger partial charge >= 0.3 is 13.1 Å². The van der Waals surface area contributed by atoms with Crippen LogP contribution in [0.1, 0.15) is 19.8 Å². The van der Waals surface area contributed by atoms with Crippen molar-refractivity contribution in [3.05, 3.63) is 0 Å². The van der Waals surface area contributed by atoms with E-state index in [4.69, 9.17) is 26.6 Å². The Labute approximate surface area is 95.8 Å². The fourth-order valence-corrected chi connectivity index (χ4v) is 1.73. The van der Waals surface area contributed by atoms with Crippen LogP contribution in [0.2, 0.25) is 6.32 Å². The van der Waals surface area contributed by atoms with Crippen LogP contribution >= 0.6 is 0 Å². The van der Waals surface area contributed by atoms with Crippen LogP contribution in [-0.2, 0) is 4.79 Å². The predicted molar refractivity (Wildman–Crippen MR) is 61.6 cm³/mol. The molecular formula is C9H21BN2O4. The average Bonchev–Trinajstić information content (AvgIpc) is 2.22. The molecule has 0 aromatic carbocycles. The van der Waals surface area contributed by atoms with Crippen molar-refractivity contribution in [2.24, 2.45) is 23.3 Å². The minimum absolute atomic E-state index is 0.222. The van der Waals surface area contributed by atoms with Gasteiger partial charge in [-0.1, -0.05) is 13.3 Å². The van der Waals surface area contributed by atoms with Crippen molar-refractivity contribution >= 4 is 13.1 Å². The van der Waals surface area contributed by atoms with E-state index in [0.717, 1.165) is 0 Å². The van der Waals surface area contributed by atoms with E-state index >= 15 is 0 Å². The minimum atomic E-state index is -1.35. The van der Waals surface area contributed by atoms with Crippen molar-refractivity contribution in [1.82, 2.24) is 0 Å². The van der Waals surface area contributed by atoms with Gasteiger partial charge in [0.1, 0.15) is 0 Å². The smallest absolute Gasteiger partial charge is 0.451 e. The molecule has 0 aromatic heterocycles. The Kier molecular flexibility index (Phi) is 7.32. The third-order valence-electron chi connectivity index (χ3n) is 2.85. The fraction of sp³-hybridized carbons (Fsp3) is 0.889. The van der Waals surface area contributed by atoms with E-state index in [2.05, 4.69) is 0 Å². The first kappa shape index (κ1) is 15.4. The van der Waals surface area contributed by atoms with Crippen LogP contribution in [0.5, 0.6) is 0 Å². The molecule has 0 rings (SSSR count). The van der Waals surface area contributed by atoms with Crippen molar-refractivity contribution in [2.45, 2.75) is 32.1 Å². The van der Waals surface area contributed by atoms with E-state index in [1.54, 1.807) is 6.92 Å². The lowest BCUT2D eigenvalue weighted by Crippen LogP contribution is -2.42. The second-order valence-electron chi connectivity index (χ2n) is 4.10. The summed E-state index contributed by atoms with van der Waals surface area (Å²) in [6.07, 6.45) is 1.28. The molecule has 0 spiro atoms. The van der Waals surface area contributed by atoms with Crippen LogP contribution in [0.25, 0.3) is 0 Å². The highest BCUT2D eigenvalue weighted by Gasteiger charge is 2.28. The Morgan fingerprint density at radius 3 is 2.38 bits per heavy atom. The molecule has 2 unspecified atom stereocenters. The summed E-state index contributed by atoms with van der Waals surface area (Å²) in [4.78, 5) is 10.9. The third kappa shape index (κ3) is 5.46. The van der Waals surface area contributed by atoms with Gasteiger partial charge in [0.2, 0.25) is 0 Å². The second-order valence-corrected chi connectivity index (χ2v) is 4.10. The van der Waals surface area contributed by atoms with Gasteiger partial charge in [0.25, 0.3) is 0 Å². The zero-order chi connectivity index (χ0) is 12.7. The Hall–Kier alpha value is -0.625. The van der Waals surface area contributed by atoms with Crippen molar-refractivity contribution < 1.29 is 19.9 Å². The summed E-state index contributed by atoms with van der Waals surface area (Å²) in [5.41, 5.74) is 11.2. The number of nitrogens with two attached hydrogens (primary N) is 2. The molecule has 0 heterocycles. The van der Waals surface area contributed by atoms with Crippen LogP contribution in [0.15, 0.2) is 0 Å². The van der Waals surface area contributed by atoms with Gasteiger partial charge in [0.05, 0.1) is 5.92 Å². The van der Waals surface area contributed by atoms with Gasteiger partial charge in [-0.25, -0.2) is 0 Å². The first-order valence-corrected chi connectivity index (χ1v) is 5.44. The van der Waals surface area contributed by atoms with Crippen molar-refractivity contribution in [3.63, 3.8) is 0 Å². The topological polar surface area (TPSA) is 130 Å². The Morgan fingerprint density at radius 1 is 1.44 bits per heavy atom. The molecular weight excluding hydrogens is 211 g/mol. The van der Waals surface area contributed by atoms with Gasteiger partial charge in [-0.2, -0.15) is 0 Å². The number of rotatable bonds is 8. The summed E-state index contributed by atoms with van der Waals surface area (Å²) < 4.78 is 0. The summed E-state index contributed by atoms with van der Waals surface area (Å²) in [5.74, 6) is -1.71. The number of hydrogen-bond acceptors (Lipinski definition) is 5. The first-order valence-electron chi connectivity index (χ1n) is 5.44. The molecule has 0 aliphatic rings. The molecule has 0 saturated carbocycles. The summed E-state index contributed by atoms with van der Waals surface area (Å²) in [7, 11) is -1.35. The number of aliphatic carboxylic acids is 1. The second kappa shape index (κ2) is 7.62. The van der Waals surface area contributed by atoms with Crippen LogP contribution in [0.3, 0.4) is 0 Å². The highest BCUT2D eigenvalue weighted by molar-refractivity contribution is 6.40. The summed E-state index contributed by atoms with van der Waals surface area (Å²) >= 11 is 0. The first-order chi connectivity index (χ1) is 7.40. The van der Waals surface area contributed by atoms with Crippen LogP contribution in [-0.4, -0.2) is 40.8 Å². The normalized spacial score (nSPS) is 16.6. The van der Waals surface area contributed by atoms with Crippen LogP contribution in [0.4, 0.5) is 0 Å². The minimum Gasteiger partial charge on any atom is -0.481 e. The number of carboxylic acids is 1. The maximum atomic E-state index is 10.9. The maximum Gasteiger partial charge on any atom is 0.451 e. The van der Waals surface area contributed by atoms with E-state index in [-0.39, 0.29) is 24.8 Å². The van der Waals surface area contributed by atoms with E-state index in [0.29, 0.717) is 12.8 Å². The Morgan fingerprint density at radius 2 is 2.00 bits per heavy atom. The highest BCUT2D eigenvalue weighted by atomic mass is 16.4. The highest BCUT2D eigenvalue weighted by Crippen LogP contribution is 2.21. The standard InChI is InChI=1S/C9H21BN2O4/c1-6(9(13)14)7(8(12)5-11)3-2-4-10(15)16/h6-8,15-16H,2-5,11-12H2,1H3,(H,13,14)/t6-,7?,8?/m0/s1. The summed E-state index contributed by atoms with van der Waals surface area (Å²) in [6, 6.07) is -0.373. The van der Waals surface area contributed by atoms with Crippen LogP contribution < -0.4 is 11.5 Å². The predicted octanol–water partition coefficient (Wildman–Crippen LogP) is -1.14. The number of carboxylic acid groups (broad SMARTS) is 1. The molecule has 0 saturated heterocycles. The molecule has 16 heavy (non-hydrogen) atoms. The molecule has 0 bridgehead atoms. The molecule has 0 amide bonds. The number of hydrogen-bond donors (Lipinski definition) is 5. The van der Waals surface area contributed by atoms with Gasteiger partial charge < -0.3 is 26.6 Å². The maximum absolute atomic E-state index is 10.9. The van der Waals surface area contributed by atoms with Crippen molar-refractivity contribution in [1.29, 1.82) is 0 Å². The summed E-state index contributed by atoms with van der Waals surface area (Å²) in [5, 5.41) is 26.3. The lowest BCUT2D eigenvalue weighted by Gasteiger charge is -2.26. The van der Waals surface area contributed by atoms with Gasteiger partial charge in [-0.3, -0.25) is 4.79 Å². The van der Waals surface area contributed by atoms with Gasteiger partial charge in [0.15, 0.2) is 0 Å². The molecule has 7 N–H and O–H groups in total. The molecule has 0 radical (unpaired) electrons. The zero-order valence-corrected chi connectivity index (χ0v) is 9.54. The Bertz CT molecular complexity index is 216.